The van der Waals surface area contributed by atoms with Crippen molar-refractivity contribution in [2.75, 3.05) is 18.7 Å². The van der Waals surface area contributed by atoms with Crippen LogP contribution in [0.3, 0.4) is 0 Å². The lowest BCUT2D eigenvalue weighted by molar-refractivity contribution is -0.118. The average molecular weight is 431 g/mol. The highest BCUT2D eigenvalue weighted by Crippen LogP contribution is 2.29. The number of ether oxygens (including phenoxy) is 2. The molecule has 0 fully saturated rings. The smallest absolute Gasteiger partial charge is 0.387 e. The van der Waals surface area contributed by atoms with Crippen LogP contribution in [0.1, 0.15) is 18.9 Å². The Balaban J connectivity index is 1.62. The van der Waals surface area contributed by atoms with Gasteiger partial charge in [0, 0.05) is 13.0 Å². The largest absolute Gasteiger partial charge is 0.493 e. The third kappa shape index (κ3) is 5.56. The van der Waals surface area contributed by atoms with Crippen molar-refractivity contribution >= 4 is 23.1 Å². The van der Waals surface area contributed by atoms with E-state index in [2.05, 4.69) is 15.2 Å². The second-order valence-corrected chi connectivity index (χ2v) is 6.93. The van der Waals surface area contributed by atoms with Gasteiger partial charge in [0.25, 0.3) is 5.91 Å². The van der Waals surface area contributed by atoms with Gasteiger partial charge < -0.3 is 14.8 Å². The van der Waals surface area contributed by atoms with Gasteiger partial charge in [-0.3, -0.25) is 14.6 Å². The number of nitrogens with zero attached hydrogens (tertiary/aromatic N) is 2. The van der Waals surface area contributed by atoms with Gasteiger partial charge in [0.2, 0.25) is 0 Å². The van der Waals surface area contributed by atoms with Crippen LogP contribution >= 0.6 is 0 Å². The van der Waals surface area contributed by atoms with E-state index in [1.54, 1.807) is 11.1 Å². The summed E-state index contributed by atoms with van der Waals surface area (Å²) in [5.74, 6) is -0.323. The van der Waals surface area contributed by atoms with Crippen LogP contribution in [0.4, 0.5) is 14.5 Å². The molecule has 31 heavy (non-hydrogen) atoms. The number of para-hydroxylation sites is 1. The van der Waals surface area contributed by atoms with Gasteiger partial charge in [-0.2, -0.15) is 13.9 Å². The molecule has 1 aliphatic heterocycles. The number of carbonyl (C=O) groups excluding carboxylic acids is 2. The van der Waals surface area contributed by atoms with Gasteiger partial charge in [0.1, 0.15) is 11.8 Å². The molecule has 7 nitrogen and oxygen atoms in total. The number of methoxy groups -OCH3 is 1. The summed E-state index contributed by atoms with van der Waals surface area (Å²) in [5.41, 5.74) is 1.69. The van der Waals surface area contributed by atoms with E-state index in [1.165, 1.54) is 26.2 Å². The maximum Gasteiger partial charge on any atom is 0.387 e. The summed E-state index contributed by atoms with van der Waals surface area (Å²) in [5, 5.41) is 8.68. The first kappa shape index (κ1) is 22.2. The highest BCUT2D eigenvalue weighted by atomic mass is 19.3. The molecule has 1 unspecified atom stereocenters. The SMILES string of the molecule is COc1ccc(CCNC(=O)C2=NN(c3ccccc3)C(C(C)=O)C2)cc1OC(F)F. The highest BCUT2D eigenvalue weighted by Gasteiger charge is 2.33. The Morgan fingerprint density at radius 3 is 2.58 bits per heavy atom. The molecule has 2 aromatic rings. The van der Waals surface area contributed by atoms with Crippen LogP contribution in [-0.2, 0) is 16.0 Å². The number of anilines is 1. The number of rotatable bonds is 9. The van der Waals surface area contributed by atoms with Crippen molar-refractivity contribution in [3.63, 3.8) is 0 Å². The zero-order valence-electron chi connectivity index (χ0n) is 17.2. The Morgan fingerprint density at radius 1 is 1.19 bits per heavy atom. The number of hydrazone groups is 1. The van der Waals surface area contributed by atoms with E-state index in [-0.39, 0.29) is 41.9 Å². The molecule has 0 saturated heterocycles. The number of Topliss-reactive ketones (excluding diaryl/α,β-unsaturated/α-hetero) is 1. The van der Waals surface area contributed by atoms with Crippen molar-refractivity contribution in [2.45, 2.75) is 32.4 Å². The first-order valence-electron chi connectivity index (χ1n) is 9.71. The standard InChI is InChI=1S/C22H23F2N3O4/c1-14(28)18-13-17(26-27(18)16-6-4-3-5-7-16)21(29)25-11-10-15-8-9-19(30-2)20(12-15)31-22(23)24/h3-9,12,18,22H,10-11,13H2,1-2H3,(H,25,29). The van der Waals surface area contributed by atoms with E-state index in [9.17, 15) is 18.4 Å². The van der Waals surface area contributed by atoms with E-state index in [0.717, 1.165) is 5.69 Å². The summed E-state index contributed by atoms with van der Waals surface area (Å²) in [6, 6.07) is 13.3. The minimum absolute atomic E-state index is 0.0655. The Morgan fingerprint density at radius 2 is 1.94 bits per heavy atom. The lowest BCUT2D eigenvalue weighted by Gasteiger charge is -2.20. The second-order valence-electron chi connectivity index (χ2n) is 6.93. The Hall–Kier alpha value is -3.49. The van der Waals surface area contributed by atoms with Gasteiger partial charge in [-0.15, -0.1) is 0 Å². The first-order chi connectivity index (χ1) is 14.9. The van der Waals surface area contributed by atoms with E-state index in [1.807, 2.05) is 30.3 Å². The summed E-state index contributed by atoms with van der Waals surface area (Å²) in [7, 11) is 1.36. The number of alkyl halides is 2. The molecule has 1 heterocycles. The van der Waals surface area contributed by atoms with Gasteiger partial charge in [0.15, 0.2) is 17.3 Å². The number of nitrogens with one attached hydrogen (secondary N) is 1. The van der Waals surface area contributed by atoms with Gasteiger partial charge in [-0.1, -0.05) is 24.3 Å². The molecule has 0 aromatic heterocycles. The summed E-state index contributed by atoms with van der Waals surface area (Å²) in [6.45, 7) is -1.24. The molecule has 1 aliphatic rings. The maximum absolute atomic E-state index is 12.6. The molecule has 164 valence electrons. The van der Waals surface area contributed by atoms with Crippen LogP contribution in [-0.4, -0.2) is 43.7 Å². The number of carbonyl (C=O) groups is 2. The summed E-state index contributed by atoms with van der Waals surface area (Å²) in [4.78, 5) is 24.6. The van der Waals surface area contributed by atoms with Crippen LogP contribution in [0.5, 0.6) is 11.5 Å². The Bertz CT molecular complexity index is 966. The van der Waals surface area contributed by atoms with Crippen LogP contribution in [0.2, 0.25) is 0 Å². The van der Waals surface area contributed by atoms with E-state index in [4.69, 9.17) is 4.74 Å². The van der Waals surface area contributed by atoms with Crippen molar-refractivity contribution < 1.29 is 27.8 Å². The number of ketones is 1. The monoisotopic (exact) mass is 431 g/mol. The molecule has 0 bridgehead atoms. The van der Waals surface area contributed by atoms with E-state index in [0.29, 0.717) is 12.0 Å². The van der Waals surface area contributed by atoms with Crippen molar-refractivity contribution in [1.82, 2.24) is 5.32 Å². The molecular weight excluding hydrogens is 408 g/mol. The maximum atomic E-state index is 12.6. The van der Waals surface area contributed by atoms with Gasteiger partial charge >= 0.3 is 6.61 Å². The molecule has 2 aromatic carbocycles. The normalized spacial score (nSPS) is 15.6. The molecule has 1 atom stereocenters. The molecule has 9 heteroatoms. The number of amides is 1. The fourth-order valence-corrected chi connectivity index (χ4v) is 3.27. The third-order valence-electron chi connectivity index (χ3n) is 4.81. The first-order valence-corrected chi connectivity index (χ1v) is 9.71. The lowest BCUT2D eigenvalue weighted by atomic mass is 10.1. The Kier molecular flexibility index (Phi) is 7.17. The van der Waals surface area contributed by atoms with Gasteiger partial charge in [-0.25, -0.2) is 0 Å². The summed E-state index contributed by atoms with van der Waals surface area (Å²) >= 11 is 0. The summed E-state index contributed by atoms with van der Waals surface area (Å²) in [6.07, 6.45) is 0.603. The molecular formula is C22H23F2N3O4. The fraction of sp³-hybridized carbons (Fsp3) is 0.318. The van der Waals surface area contributed by atoms with Crippen LogP contribution < -0.4 is 19.8 Å². The Labute approximate surface area is 178 Å². The quantitative estimate of drug-likeness (QED) is 0.660. The number of hydrogen-bond acceptors (Lipinski definition) is 6. The average Bonchev–Trinajstić information content (AvgIpc) is 3.20. The minimum atomic E-state index is -2.97. The van der Waals surface area contributed by atoms with Crippen molar-refractivity contribution in [1.29, 1.82) is 0 Å². The lowest BCUT2D eigenvalue weighted by Crippen LogP contribution is -2.34. The van der Waals surface area contributed by atoms with E-state index < -0.39 is 12.7 Å². The third-order valence-corrected chi connectivity index (χ3v) is 4.81. The molecule has 0 saturated carbocycles. The zero-order valence-corrected chi connectivity index (χ0v) is 17.2. The number of halogens is 2. The summed E-state index contributed by atoms with van der Waals surface area (Å²) < 4.78 is 34.6. The molecule has 0 spiro atoms. The van der Waals surface area contributed by atoms with E-state index >= 15 is 0 Å². The van der Waals surface area contributed by atoms with Crippen LogP contribution in [0.15, 0.2) is 53.6 Å². The zero-order chi connectivity index (χ0) is 22.4. The second kappa shape index (κ2) is 10.0. The van der Waals surface area contributed by atoms with Gasteiger partial charge in [0.05, 0.1) is 12.8 Å². The van der Waals surface area contributed by atoms with Crippen molar-refractivity contribution in [3.05, 3.63) is 54.1 Å². The van der Waals surface area contributed by atoms with Crippen molar-refractivity contribution in [3.8, 4) is 11.5 Å². The molecule has 0 radical (unpaired) electrons. The topological polar surface area (TPSA) is 80.2 Å². The predicted molar refractivity (Wildman–Crippen MR) is 112 cm³/mol. The molecule has 1 N–H and O–H groups in total. The van der Waals surface area contributed by atoms with Gasteiger partial charge in [-0.05, 0) is 43.2 Å². The fourth-order valence-electron chi connectivity index (χ4n) is 3.27. The van der Waals surface area contributed by atoms with Crippen molar-refractivity contribution in [2.24, 2.45) is 5.10 Å². The van der Waals surface area contributed by atoms with Crippen LogP contribution in [0, 0.1) is 0 Å². The minimum Gasteiger partial charge on any atom is -0.493 e. The molecule has 0 aliphatic carbocycles. The molecule has 1 amide bonds. The highest BCUT2D eigenvalue weighted by molar-refractivity contribution is 6.40. The predicted octanol–water partition coefficient (Wildman–Crippen LogP) is 3.18. The molecule has 3 rings (SSSR count). The number of benzene rings is 2. The van der Waals surface area contributed by atoms with Crippen LogP contribution in [0.25, 0.3) is 0 Å². The number of hydrogen-bond donors (Lipinski definition) is 1.